The molecular weight excluding hydrogens is 348 g/mol. The summed E-state index contributed by atoms with van der Waals surface area (Å²) in [5.74, 6) is 0.682. The standard InChI is InChI=1S/C19H16N4O2S/c1-2-12-4-3-5-14-15(10-21-17(12)14)16(24)11-26-19-23-22-18(25-19)13-6-8-20-9-7-13/h3-10,21H,2,11H2,1H3. The van der Waals surface area contributed by atoms with Gasteiger partial charge in [0.2, 0.25) is 5.89 Å². The average Bonchev–Trinajstić information content (AvgIpc) is 3.34. The van der Waals surface area contributed by atoms with Gasteiger partial charge in [-0.3, -0.25) is 9.78 Å². The number of H-pyrrole nitrogens is 1. The molecule has 4 rings (SSSR count). The van der Waals surface area contributed by atoms with Gasteiger partial charge in [0.15, 0.2) is 5.78 Å². The minimum atomic E-state index is 0.0261. The van der Waals surface area contributed by atoms with Crippen molar-refractivity contribution in [1.82, 2.24) is 20.2 Å². The molecule has 4 aromatic rings. The Balaban J connectivity index is 1.49. The first-order chi connectivity index (χ1) is 12.8. The molecule has 0 saturated carbocycles. The Morgan fingerprint density at radius 3 is 2.85 bits per heavy atom. The summed E-state index contributed by atoms with van der Waals surface area (Å²) in [4.78, 5) is 19.8. The summed E-state index contributed by atoms with van der Waals surface area (Å²) in [7, 11) is 0. The molecule has 0 unspecified atom stereocenters. The van der Waals surface area contributed by atoms with Crippen LogP contribution in [-0.2, 0) is 6.42 Å². The third-order valence-corrected chi connectivity index (χ3v) is 4.96. The highest BCUT2D eigenvalue weighted by atomic mass is 32.2. The summed E-state index contributed by atoms with van der Waals surface area (Å²) in [6, 6.07) is 9.62. The van der Waals surface area contributed by atoms with Gasteiger partial charge in [0.1, 0.15) is 0 Å². The highest BCUT2D eigenvalue weighted by Crippen LogP contribution is 2.26. The van der Waals surface area contributed by atoms with E-state index in [-0.39, 0.29) is 11.5 Å². The van der Waals surface area contributed by atoms with Gasteiger partial charge in [-0.05, 0) is 24.1 Å². The van der Waals surface area contributed by atoms with Crippen LogP contribution in [0.1, 0.15) is 22.8 Å². The third-order valence-electron chi connectivity index (χ3n) is 4.14. The molecule has 6 nitrogen and oxygen atoms in total. The highest BCUT2D eigenvalue weighted by Gasteiger charge is 2.16. The predicted molar refractivity (Wildman–Crippen MR) is 100 cm³/mol. The van der Waals surface area contributed by atoms with E-state index in [9.17, 15) is 4.79 Å². The molecule has 3 aromatic heterocycles. The molecule has 0 aliphatic rings. The zero-order valence-electron chi connectivity index (χ0n) is 14.1. The number of carbonyl (C=O) groups excluding carboxylic acids is 1. The van der Waals surface area contributed by atoms with Crippen molar-refractivity contribution in [2.24, 2.45) is 0 Å². The number of para-hydroxylation sites is 1. The summed E-state index contributed by atoms with van der Waals surface area (Å²) in [6.07, 6.45) is 6.03. The van der Waals surface area contributed by atoms with E-state index < -0.39 is 0 Å². The number of hydrogen-bond donors (Lipinski definition) is 1. The van der Waals surface area contributed by atoms with Crippen LogP contribution >= 0.6 is 11.8 Å². The highest BCUT2D eigenvalue weighted by molar-refractivity contribution is 7.99. The fourth-order valence-corrected chi connectivity index (χ4v) is 3.47. The summed E-state index contributed by atoms with van der Waals surface area (Å²) in [5, 5.41) is 9.35. The van der Waals surface area contributed by atoms with E-state index >= 15 is 0 Å². The topological polar surface area (TPSA) is 84.7 Å². The number of nitrogens with one attached hydrogen (secondary N) is 1. The number of rotatable bonds is 6. The van der Waals surface area contributed by atoms with Crippen LogP contribution in [0.5, 0.6) is 0 Å². The van der Waals surface area contributed by atoms with Gasteiger partial charge in [0.05, 0.1) is 5.75 Å². The molecule has 3 heterocycles. The first-order valence-electron chi connectivity index (χ1n) is 8.25. The van der Waals surface area contributed by atoms with Crippen LogP contribution in [0.2, 0.25) is 0 Å². The van der Waals surface area contributed by atoms with Crippen molar-refractivity contribution in [2.45, 2.75) is 18.6 Å². The van der Waals surface area contributed by atoms with Crippen molar-refractivity contribution < 1.29 is 9.21 Å². The van der Waals surface area contributed by atoms with Crippen LogP contribution < -0.4 is 0 Å². The molecule has 0 aliphatic carbocycles. The van der Waals surface area contributed by atoms with Gasteiger partial charge < -0.3 is 9.40 Å². The number of nitrogens with zero attached hydrogens (tertiary/aromatic N) is 3. The second kappa shape index (κ2) is 7.13. The lowest BCUT2D eigenvalue weighted by molar-refractivity contribution is 0.102. The molecule has 130 valence electrons. The monoisotopic (exact) mass is 364 g/mol. The van der Waals surface area contributed by atoms with E-state index in [0.29, 0.717) is 16.7 Å². The first-order valence-corrected chi connectivity index (χ1v) is 9.23. The Morgan fingerprint density at radius 2 is 2.04 bits per heavy atom. The molecular formula is C19H16N4O2S. The molecule has 0 fully saturated rings. The van der Waals surface area contributed by atoms with E-state index in [1.165, 1.54) is 17.3 Å². The van der Waals surface area contributed by atoms with E-state index in [1.54, 1.807) is 30.7 Å². The second-order valence-corrected chi connectivity index (χ2v) is 6.64. The average molecular weight is 364 g/mol. The number of hydrogen-bond acceptors (Lipinski definition) is 6. The van der Waals surface area contributed by atoms with E-state index in [4.69, 9.17) is 4.42 Å². The van der Waals surface area contributed by atoms with Crippen molar-refractivity contribution in [3.05, 3.63) is 60.0 Å². The Labute approximate surface area is 154 Å². The molecule has 0 atom stereocenters. The van der Waals surface area contributed by atoms with E-state index in [1.807, 2.05) is 12.1 Å². The van der Waals surface area contributed by atoms with Crippen molar-refractivity contribution in [2.75, 3.05) is 5.75 Å². The Bertz CT molecular complexity index is 1060. The van der Waals surface area contributed by atoms with Crippen LogP contribution in [0.15, 0.2) is 58.6 Å². The number of aromatic amines is 1. The van der Waals surface area contributed by atoms with Gasteiger partial charge in [0.25, 0.3) is 5.22 Å². The number of aromatic nitrogens is 4. The van der Waals surface area contributed by atoms with Crippen molar-refractivity contribution >= 4 is 28.4 Å². The summed E-state index contributed by atoms with van der Waals surface area (Å²) < 4.78 is 5.61. The van der Waals surface area contributed by atoms with Crippen LogP contribution in [0.3, 0.4) is 0 Å². The Hall–Kier alpha value is -2.93. The minimum absolute atomic E-state index is 0.0261. The molecule has 0 spiro atoms. The first kappa shape index (κ1) is 16.5. The molecule has 26 heavy (non-hydrogen) atoms. The van der Waals surface area contributed by atoms with Gasteiger partial charge in [-0.15, -0.1) is 10.2 Å². The fourth-order valence-electron chi connectivity index (χ4n) is 2.83. The van der Waals surface area contributed by atoms with Crippen molar-refractivity contribution in [3.8, 4) is 11.5 Å². The smallest absolute Gasteiger partial charge is 0.277 e. The molecule has 0 amide bonds. The van der Waals surface area contributed by atoms with Crippen LogP contribution in [0.25, 0.3) is 22.4 Å². The number of thioether (sulfide) groups is 1. The Morgan fingerprint density at radius 1 is 1.19 bits per heavy atom. The van der Waals surface area contributed by atoms with Gasteiger partial charge in [-0.2, -0.15) is 0 Å². The van der Waals surface area contributed by atoms with Gasteiger partial charge >= 0.3 is 0 Å². The number of Topliss-reactive ketones (excluding diaryl/α,β-unsaturated/α-hetero) is 1. The summed E-state index contributed by atoms with van der Waals surface area (Å²) >= 11 is 1.24. The molecule has 0 radical (unpaired) electrons. The third kappa shape index (κ3) is 3.13. The van der Waals surface area contributed by atoms with Gasteiger partial charge in [-0.25, -0.2) is 0 Å². The fraction of sp³-hybridized carbons (Fsp3) is 0.158. The number of benzene rings is 1. The van der Waals surface area contributed by atoms with E-state index in [0.717, 1.165) is 22.9 Å². The molecule has 1 aromatic carbocycles. The minimum Gasteiger partial charge on any atom is -0.411 e. The van der Waals surface area contributed by atoms with Crippen molar-refractivity contribution in [3.63, 3.8) is 0 Å². The van der Waals surface area contributed by atoms with Gasteiger partial charge in [-0.1, -0.05) is 36.9 Å². The summed E-state index contributed by atoms with van der Waals surface area (Å²) in [5.41, 5.74) is 3.72. The molecule has 1 N–H and O–H groups in total. The maximum Gasteiger partial charge on any atom is 0.277 e. The number of pyridine rings is 1. The predicted octanol–water partition coefficient (Wildman–Crippen LogP) is 4.15. The second-order valence-electron chi connectivity index (χ2n) is 5.72. The quantitative estimate of drug-likeness (QED) is 0.409. The lowest BCUT2D eigenvalue weighted by Gasteiger charge is -2.00. The van der Waals surface area contributed by atoms with Crippen LogP contribution in [0, 0.1) is 0 Å². The Kier molecular flexibility index (Phi) is 4.53. The molecule has 0 aliphatic heterocycles. The maximum atomic E-state index is 12.6. The van der Waals surface area contributed by atoms with Crippen LogP contribution in [0.4, 0.5) is 0 Å². The number of fused-ring (bicyclic) bond motifs is 1. The van der Waals surface area contributed by atoms with Crippen LogP contribution in [-0.4, -0.2) is 31.7 Å². The maximum absolute atomic E-state index is 12.6. The number of ketones is 1. The zero-order chi connectivity index (χ0) is 17.9. The SMILES string of the molecule is CCc1cccc2c(C(=O)CSc3nnc(-c4ccncc4)o3)c[nH]c12. The van der Waals surface area contributed by atoms with Crippen molar-refractivity contribution in [1.29, 1.82) is 0 Å². The van der Waals surface area contributed by atoms with E-state index in [2.05, 4.69) is 33.2 Å². The molecule has 7 heteroatoms. The number of carbonyl (C=O) groups is 1. The lowest BCUT2D eigenvalue weighted by Crippen LogP contribution is -2.01. The molecule has 0 saturated heterocycles. The number of aryl methyl sites for hydroxylation is 1. The summed E-state index contributed by atoms with van der Waals surface area (Å²) in [6.45, 7) is 2.10. The normalized spacial score (nSPS) is 11.1. The zero-order valence-corrected chi connectivity index (χ0v) is 14.9. The molecule has 0 bridgehead atoms. The largest absolute Gasteiger partial charge is 0.411 e. The lowest BCUT2D eigenvalue weighted by atomic mass is 10.1. The van der Waals surface area contributed by atoms with Gasteiger partial charge in [0, 0.05) is 40.6 Å².